The average Bonchev–Trinajstić information content (AvgIpc) is 3.14. The van der Waals surface area contributed by atoms with E-state index in [2.05, 4.69) is 10.3 Å². The quantitative estimate of drug-likeness (QED) is 0.600. The Labute approximate surface area is 173 Å². The van der Waals surface area contributed by atoms with Crippen LogP contribution in [0.5, 0.6) is 5.75 Å². The number of rotatable bonds is 8. The van der Waals surface area contributed by atoms with Gasteiger partial charge in [0.05, 0.1) is 12.4 Å². The van der Waals surface area contributed by atoms with Crippen LogP contribution in [0.4, 0.5) is 0 Å². The van der Waals surface area contributed by atoms with E-state index in [1.807, 2.05) is 38.1 Å². The molecular weight excluding hydrogens is 386 g/mol. The van der Waals surface area contributed by atoms with Gasteiger partial charge < -0.3 is 14.6 Å². The van der Waals surface area contributed by atoms with Crippen LogP contribution in [-0.2, 0) is 32.0 Å². The lowest BCUT2D eigenvalue weighted by Gasteiger charge is -2.10. The molecule has 0 aliphatic carbocycles. The minimum Gasteiger partial charge on any atom is -0.491 e. The average molecular weight is 413 g/mol. The fraction of sp³-hybridized carbons (Fsp3) is 0.429. The molecule has 2 heterocycles. The molecule has 0 saturated carbocycles. The summed E-state index contributed by atoms with van der Waals surface area (Å²) < 4.78 is 9.70. The predicted octanol–water partition coefficient (Wildman–Crippen LogP) is 1.32. The highest BCUT2D eigenvalue weighted by molar-refractivity contribution is 5.75. The fourth-order valence-corrected chi connectivity index (χ4v) is 3.22. The van der Waals surface area contributed by atoms with Crippen molar-refractivity contribution in [3.05, 3.63) is 57.0 Å². The van der Waals surface area contributed by atoms with Gasteiger partial charge in [0, 0.05) is 33.6 Å². The van der Waals surface area contributed by atoms with E-state index >= 15 is 0 Å². The van der Waals surface area contributed by atoms with Crippen molar-refractivity contribution in [1.82, 2.24) is 24.0 Å². The summed E-state index contributed by atoms with van der Waals surface area (Å²) in [5.74, 6) is 0.735. The zero-order valence-electron chi connectivity index (χ0n) is 17.7. The van der Waals surface area contributed by atoms with Crippen LogP contribution < -0.4 is 21.3 Å². The predicted molar refractivity (Wildman–Crippen MR) is 114 cm³/mol. The summed E-state index contributed by atoms with van der Waals surface area (Å²) in [4.78, 5) is 40.8. The van der Waals surface area contributed by atoms with Gasteiger partial charge in [-0.15, -0.1) is 0 Å². The highest BCUT2D eigenvalue weighted by atomic mass is 16.5. The molecule has 0 aliphatic heterocycles. The Morgan fingerprint density at radius 3 is 2.50 bits per heavy atom. The molecule has 0 aliphatic rings. The monoisotopic (exact) mass is 413 g/mol. The van der Waals surface area contributed by atoms with Crippen LogP contribution >= 0.6 is 0 Å². The molecule has 30 heavy (non-hydrogen) atoms. The standard InChI is InChI=1S/C21H27N5O4/c1-14(2)30-16-9-7-15(8-10-16)12-22-17(27)6-5-11-26-13-23-19-18(26)20(28)25(4)21(29)24(19)3/h7-10,13-14H,5-6,11-12H2,1-4H3,(H,22,27). The minimum absolute atomic E-state index is 0.0674. The third kappa shape index (κ3) is 4.61. The maximum atomic E-state index is 12.4. The lowest BCUT2D eigenvalue weighted by molar-refractivity contribution is -0.121. The third-order valence-electron chi connectivity index (χ3n) is 4.80. The van der Waals surface area contributed by atoms with Crippen LogP contribution in [0.3, 0.4) is 0 Å². The van der Waals surface area contributed by atoms with Gasteiger partial charge in [-0.2, -0.15) is 0 Å². The van der Waals surface area contributed by atoms with Gasteiger partial charge >= 0.3 is 5.69 Å². The zero-order chi connectivity index (χ0) is 21.8. The number of imidazole rings is 1. The summed E-state index contributed by atoms with van der Waals surface area (Å²) in [6, 6.07) is 7.63. The van der Waals surface area contributed by atoms with Crippen molar-refractivity contribution in [2.45, 2.75) is 45.9 Å². The molecule has 0 unspecified atom stereocenters. The number of fused-ring (bicyclic) bond motifs is 1. The molecule has 3 rings (SSSR count). The number of aromatic nitrogens is 4. The summed E-state index contributed by atoms with van der Waals surface area (Å²) in [5.41, 5.74) is 0.895. The SMILES string of the molecule is CC(C)Oc1ccc(CNC(=O)CCCn2cnc3c2c(=O)n(C)c(=O)n3C)cc1. The van der Waals surface area contributed by atoms with E-state index in [-0.39, 0.29) is 17.6 Å². The first kappa shape index (κ1) is 21.4. The lowest BCUT2D eigenvalue weighted by Crippen LogP contribution is -2.37. The van der Waals surface area contributed by atoms with Gasteiger partial charge in [-0.25, -0.2) is 9.78 Å². The Balaban J connectivity index is 1.54. The van der Waals surface area contributed by atoms with Crippen molar-refractivity contribution >= 4 is 17.1 Å². The van der Waals surface area contributed by atoms with Gasteiger partial charge in [-0.05, 0) is 38.0 Å². The first-order chi connectivity index (χ1) is 14.3. The van der Waals surface area contributed by atoms with Gasteiger partial charge in [-0.3, -0.25) is 18.7 Å². The number of aryl methyl sites for hydroxylation is 2. The van der Waals surface area contributed by atoms with Crippen LogP contribution in [0.15, 0.2) is 40.2 Å². The Kier molecular flexibility index (Phi) is 6.39. The number of benzene rings is 1. The molecule has 3 aromatic rings. The van der Waals surface area contributed by atoms with Crippen molar-refractivity contribution in [3.63, 3.8) is 0 Å². The van der Waals surface area contributed by atoms with Crippen molar-refractivity contribution in [2.75, 3.05) is 0 Å². The van der Waals surface area contributed by atoms with Gasteiger partial charge in [0.2, 0.25) is 5.91 Å². The number of hydrogen-bond acceptors (Lipinski definition) is 5. The molecule has 0 bridgehead atoms. The molecule has 0 atom stereocenters. The molecule has 2 aromatic heterocycles. The van der Waals surface area contributed by atoms with E-state index in [4.69, 9.17) is 4.74 Å². The molecule has 160 valence electrons. The van der Waals surface area contributed by atoms with Crippen molar-refractivity contribution in [2.24, 2.45) is 14.1 Å². The van der Waals surface area contributed by atoms with E-state index in [0.29, 0.717) is 37.1 Å². The third-order valence-corrected chi connectivity index (χ3v) is 4.80. The first-order valence-corrected chi connectivity index (χ1v) is 9.91. The highest BCUT2D eigenvalue weighted by Gasteiger charge is 2.14. The van der Waals surface area contributed by atoms with Crippen LogP contribution in [-0.4, -0.2) is 30.7 Å². The summed E-state index contributed by atoms with van der Waals surface area (Å²) >= 11 is 0. The number of amides is 1. The molecular formula is C21H27N5O4. The molecule has 0 fully saturated rings. The molecule has 1 amide bonds. The number of carbonyl (C=O) groups excluding carboxylic acids is 1. The van der Waals surface area contributed by atoms with E-state index in [1.54, 1.807) is 11.6 Å². The van der Waals surface area contributed by atoms with Gasteiger partial charge in [0.1, 0.15) is 5.75 Å². The van der Waals surface area contributed by atoms with Gasteiger partial charge in [0.15, 0.2) is 11.2 Å². The van der Waals surface area contributed by atoms with Crippen molar-refractivity contribution in [3.8, 4) is 5.75 Å². The number of nitrogens with zero attached hydrogens (tertiary/aromatic N) is 4. The highest BCUT2D eigenvalue weighted by Crippen LogP contribution is 2.14. The maximum Gasteiger partial charge on any atom is 0.332 e. The maximum absolute atomic E-state index is 12.4. The van der Waals surface area contributed by atoms with E-state index in [9.17, 15) is 14.4 Å². The molecule has 0 radical (unpaired) electrons. The minimum atomic E-state index is -0.416. The molecule has 0 spiro atoms. The molecule has 9 nitrogen and oxygen atoms in total. The second-order valence-corrected chi connectivity index (χ2v) is 7.51. The smallest absolute Gasteiger partial charge is 0.332 e. The summed E-state index contributed by atoms with van der Waals surface area (Å²) in [6.45, 7) is 4.84. The van der Waals surface area contributed by atoms with Crippen LogP contribution in [0, 0.1) is 0 Å². The lowest BCUT2D eigenvalue weighted by atomic mass is 10.2. The molecule has 1 N–H and O–H groups in total. The second-order valence-electron chi connectivity index (χ2n) is 7.51. The number of nitrogens with one attached hydrogen (secondary N) is 1. The summed E-state index contributed by atoms with van der Waals surface area (Å²) in [7, 11) is 3.02. The van der Waals surface area contributed by atoms with E-state index in [1.165, 1.54) is 17.9 Å². The van der Waals surface area contributed by atoms with Crippen molar-refractivity contribution in [1.29, 1.82) is 0 Å². The Bertz CT molecular complexity index is 1160. The van der Waals surface area contributed by atoms with Crippen molar-refractivity contribution < 1.29 is 9.53 Å². The van der Waals surface area contributed by atoms with Gasteiger partial charge in [0.25, 0.3) is 5.56 Å². The number of ether oxygens (including phenoxy) is 1. The fourth-order valence-electron chi connectivity index (χ4n) is 3.22. The second kappa shape index (κ2) is 8.98. The first-order valence-electron chi connectivity index (χ1n) is 9.91. The Hall–Kier alpha value is -3.36. The molecule has 1 aromatic carbocycles. The summed E-state index contributed by atoms with van der Waals surface area (Å²) in [5, 5.41) is 2.90. The topological polar surface area (TPSA) is 100 Å². The summed E-state index contributed by atoms with van der Waals surface area (Å²) in [6.07, 6.45) is 2.52. The zero-order valence-corrected chi connectivity index (χ0v) is 17.7. The normalized spacial score (nSPS) is 11.2. The number of carbonyl (C=O) groups is 1. The van der Waals surface area contributed by atoms with Crippen LogP contribution in [0.2, 0.25) is 0 Å². The molecule has 0 saturated heterocycles. The van der Waals surface area contributed by atoms with E-state index in [0.717, 1.165) is 15.9 Å². The molecule has 9 heteroatoms. The Morgan fingerprint density at radius 1 is 1.13 bits per heavy atom. The van der Waals surface area contributed by atoms with Gasteiger partial charge in [-0.1, -0.05) is 12.1 Å². The van der Waals surface area contributed by atoms with E-state index < -0.39 is 5.69 Å². The van der Waals surface area contributed by atoms with Crippen LogP contribution in [0.1, 0.15) is 32.3 Å². The number of hydrogen-bond donors (Lipinski definition) is 1. The largest absolute Gasteiger partial charge is 0.491 e. The Morgan fingerprint density at radius 2 is 1.83 bits per heavy atom. The van der Waals surface area contributed by atoms with Crippen LogP contribution in [0.25, 0.3) is 11.2 Å².